The van der Waals surface area contributed by atoms with Gasteiger partial charge in [0, 0.05) is 10.5 Å². The van der Waals surface area contributed by atoms with Gasteiger partial charge in [0.1, 0.15) is 0 Å². The van der Waals surface area contributed by atoms with Gasteiger partial charge in [0.25, 0.3) is 0 Å². The number of halogens is 3. The Morgan fingerprint density at radius 2 is 1.86 bits per heavy atom. The molecule has 0 radical (unpaired) electrons. The van der Waals surface area contributed by atoms with Crippen LogP contribution in [-0.4, -0.2) is 23.7 Å². The van der Waals surface area contributed by atoms with E-state index in [0.717, 1.165) is 17.0 Å². The minimum atomic E-state index is -4.40. The fourth-order valence-electron chi connectivity index (χ4n) is 2.43. The number of amides is 1. The van der Waals surface area contributed by atoms with E-state index in [4.69, 9.17) is 4.74 Å². The largest absolute Gasteiger partial charge is 0.452 e. The molecule has 0 aromatic heterocycles. The number of thioether (sulfide) groups is 1. The number of ether oxygens (including phenoxy) is 1. The molecule has 1 amide bonds. The van der Waals surface area contributed by atoms with Gasteiger partial charge in [-0.15, -0.1) is 11.8 Å². The predicted molar refractivity (Wildman–Crippen MR) is 98.6 cm³/mol. The predicted octanol–water partition coefficient (Wildman–Crippen LogP) is 4.10. The number of fused-ring (bicyclic) bond motifs is 1. The lowest BCUT2D eigenvalue weighted by atomic mass is 10.1. The van der Waals surface area contributed by atoms with Crippen molar-refractivity contribution >= 4 is 29.3 Å². The number of anilines is 1. The summed E-state index contributed by atoms with van der Waals surface area (Å²) in [5.41, 5.74) is 0.335. The molecule has 1 aliphatic rings. The van der Waals surface area contributed by atoms with E-state index in [1.54, 1.807) is 6.07 Å². The second-order valence-electron chi connectivity index (χ2n) is 5.83. The van der Waals surface area contributed by atoms with Gasteiger partial charge in [0.05, 0.1) is 22.9 Å². The maximum atomic E-state index is 12.5. The van der Waals surface area contributed by atoms with E-state index in [1.807, 2.05) is 18.2 Å². The van der Waals surface area contributed by atoms with Crippen molar-refractivity contribution in [3.63, 3.8) is 0 Å². The van der Waals surface area contributed by atoms with E-state index in [-0.39, 0.29) is 18.9 Å². The number of rotatable bonds is 3. The molecule has 0 fully saturated rings. The molecule has 0 aliphatic carbocycles. The van der Waals surface area contributed by atoms with Crippen molar-refractivity contribution in [1.29, 1.82) is 0 Å². The van der Waals surface area contributed by atoms with Crippen LogP contribution >= 0.6 is 11.8 Å². The highest BCUT2D eigenvalue weighted by molar-refractivity contribution is 8.01. The molecule has 4 nitrogen and oxygen atoms in total. The third-order valence-corrected chi connectivity index (χ3v) is 5.08. The highest BCUT2D eigenvalue weighted by atomic mass is 32.2. The Labute approximate surface area is 163 Å². The Bertz CT molecular complexity index is 946. The third kappa shape index (κ3) is 5.08. The van der Waals surface area contributed by atoms with Crippen LogP contribution in [-0.2, 0) is 20.5 Å². The molecule has 0 saturated heterocycles. The van der Waals surface area contributed by atoms with Gasteiger partial charge in [-0.25, -0.2) is 0 Å². The van der Waals surface area contributed by atoms with Crippen LogP contribution in [0.5, 0.6) is 0 Å². The zero-order valence-electron chi connectivity index (χ0n) is 14.4. The second kappa shape index (κ2) is 8.40. The molecule has 0 saturated carbocycles. The molecule has 1 N–H and O–H groups in total. The van der Waals surface area contributed by atoms with Crippen molar-refractivity contribution in [2.24, 2.45) is 0 Å². The molecular formula is C20H14F3NO3S. The number of hydrogen-bond acceptors (Lipinski definition) is 4. The van der Waals surface area contributed by atoms with Crippen molar-refractivity contribution in [3.05, 3.63) is 59.7 Å². The van der Waals surface area contributed by atoms with Gasteiger partial charge in [-0.05, 0) is 36.4 Å². The first-order valence-corrected chi connectivity index (χ1v) is 9.09. The summed E-state index contributed by atoms with van der Waals surface area (Å²) < 4.78 is 42.5. The molecule has 8 heteroatoms. The highest BCUT2D eigenvalue weighted by Crippen LogP contribution is 2.36. The molecule has 0 spiro atoms. The molecule has 1 heterocycles. The number of alkyl halides is 3. The molecule has 3 rings (SSSR count). The van der Waals surface area contributed by atoms with E-state index in [1.165, 1.54) is 23.9 Å². The standard InChI is InChI=1S/C20H14F3NO3S/c21-20(22,23)14-9-7-13(8-10-14)4-3-11-27-18(25)12-17-19(26)24-15-5-1-2-6-16(15)28-17/h1-2,5-10,17H,11-12H2,(H,24,26). The van der Waals surface area contributed by atoms with Crippen LogP contribution < -0.4 is 5.32 Å². The number of carbonyl (C=O) groups is 2. The maximum Gasteiger partial charge on any atom is 0.416 e. The Hall–Kier alpha value is -2.92. The number of esters is 1. The smallest absolute Gasteiger partial charge is 0.416 e. The first kappa shape index (κ1) is 19.8. The summed E-state index contributed by atoms with van der Waals surface area (Å²) in [7, 11) is 0. The zero-order chi connectivity index (χ0) is 20.1. The number of hydrogen-bond donors (Lipinski definition) is 1. The summed E-state index contributed by atoms with van der Waals surface area (Å²) in [4.78, 5) is 24.9. The molecule has 28 heavy (non-hydrogen) atoms. The lowest BCUT2D eigenvalue weighted by Crippen LogP contribution is -2.31. The van der Waals surface area contributed by atoms with Crippen LogP contribution in [0.15, 0.2) is 53.4 Å². The fourth-order valence-corrected chi connectivity index (χ4v) is 3.53. The van der Waals surface area contributed by atoms with Crippen molar-refractivity contribution in [2.75, 3.05) is 11.9 Å². The molecule has 1 atom stereocenters. The number of carbonyl (C=O) groups excluding carboxylic acids is 2. The average molecular weight is 405 g/mol. The monoisotopic (exact) mass is 405 g/mol. The van der Waals surface area contributed by atoms with Gasteiger partial charge in [-0.3, -0.25) is 9.59 Å². The quantitative estimate of drug-likeness (QED) is 0.617. The summed E-state index contributed by atoms with van der Waals surface area (Å²) in [6.45, 7) is -0.213. The molecule has 0 bridgehead atoms. The lowest BCUT2D eigenvalue weighted by Gasteiger charge is -2.23. The molecule has 144 valence electrons. The molecular weight excluding hydrogens is 391 g/mol. The lowest BCUT2D eigenvalue weighted by molar-refractivity contribution is -0.143. The summed E-state index contributed by atoms with van der Waals surface area (Å²) in [6, 6.07) is 11.7. The fraction of sp³-hybridized carbons (Fsp3) is 0.200. The van der Waals surface area contributed by atoms with E-state index >= 15 is 0 Å². The maximum absolute atomic E-state index is 12.5. The third-order valence-electron chi connectivity index (χ3n) is 3.81. The van der Waals surface area contributed by atoms with Gasteiger partial charge >= 0.3 is 12.1 Å². The number of benzene rings is 2. The second-order valence-corrected chi connectivity index (χ2v) is 7.08. The van der Waals surface area contributed by atoms with Gasteiger partial charge in [0.2, 0.25) is 5.91 Å². The molecule has 2 aromatic carbocycles. The van der Waals surface area contributed by atoms with E-state index in [2.05, 4.69) is 17.2 Å². The molecule has 1 aliphatic heterocycles. The molecule has 1 unspecified atom stereocenters. The summed E-state index contributed by atoms with van der Waals surface area (Å²) in [5.74, 6) is 4.36. The minimum Gasteiger partial charge on any atom is -0.452 e. The Kier molecular flexibility index (Phi) is 5.95. The average Bonchev–Trinajstić information content (AvgIpc) is 2.65. The first-order valence-electron chi connectivity index (χ1n) is 8.21. The summed E-state index contributed by atoms with van der Waals surface area (Å²) in [5, 5.41) is 2.15. The summed E-state index contributed by atoms with van der Waals surface area (Å²) in [6.07, 6.45) is -4.50. The normalized spacial score (nSPS) is 15.7. The van der Waals surface area contributed by atoms with Crippen molar-refractivity contribution in [3.8, 4) is 11.8 Å². The van der Waals surface area contributed by atoms with E-state index in [9.17, 15) is 22.8 Å². The Balaban J connectivity index is 1.49. The topological polar surface area (TPSA) is 55.4 Å². The first-order chi connectivity index (χ1) is 13.3. The summed E-state index contributed by atoms with van der Waals surface area (Å²) >= 11 is 1.29. The minimum absolute atomic E-state index is 0.104. The Morgan fingerprint density at radius 3 is 2.57 bits per heavy atom. The number of para-hydroxylation sites is 1. The van der Waals surface area contributed by atoms with Gasteiger partial charge in [-0.2, -0.15) is 13.2 Å². The zero-order valence-corrected chi connectivity index (χ0v) is 15.2. The molecule has 2 aromatic rings. The van der Waals surface area contributed by atoms with Crippen LogP contribution in [0.3, 0.4) is 0 Å². The van der Waals surface area contributed by atoms with Crippen molar-refractivity contribution < 1.29 is 27.5 Å². The van der Waals surface area contributed by atoms with E-state index < -0.39 is 23.0 Å². The van der Waals surface area contributed by atoms with Crippen LogP contribution in [0.2, 0.25) is 0 Å². The van der Waals surface area contributed by atoms with Crippen molar-refractivity contribution in [1.82, 2.24) is 0 Å². The van der Waals surface area contributed by atoms with Gasteiger partial charge in [-0.1, -0.05) is 24.0 Å². The van der Waals surface area contributed by atoms with Crippen LogP contribution in [0, 0.1) is 11.8 Å². The van der Waals surface area contributed by atoms with Crippen LogP contribution in [0.1, 0.15) is 17.5 Å². The highest BCUT2D eigenvalue weighted by Gasteiger charge is 2.30. The van der Waals surface area contributed by atoms with Crippen LogP contribution in [0.4, 0.5) is 18.9 Å². The Morgan fingerprint density at radius 1 is 1.14 bits per heavy atom. The van der Waals surface area contributed by atoms with E-state index in [0.29, 0.717) is 11.3 Å². The van der Waals surface area contributed by atoms with Crippen LogP contribution in [0.25, 0.3) is 0 Å². The SMILES string of the molecule is O=C(CC1Sc2ccccc2NC1=O)OCC#Cc1ccc(C(F)(F)F)cc1. The van der Waals surface area contributed by atoms with Gasteiger partial charge < -0.3 is 10.1 Å². The number of nitrogens with one attached hydrogen (secondary N) is 1. The van der Waals surface area contributed by atoms with Gasteiger partial charge in [0.15, 0.2) is 6.61 Å². The van der Waals surface area contributed by atoms with Crippen molar-refractivity contribution in [2.45, 2.75) is 22.7 Å².